The van der Waals surface area contributed by atoms with Crippen LogP contribution in [0.25, 0.3) is 0 Å². The Morgan fingerprint density at radius 1 is 1.41 bits per heavy atom. The smallest absolute Gasteiger partial charge is 0.244 e. The highest BCUT2D eigenvalue weighted by Crippen LogP contribution is 2.30. The van der Waals surface area contributed by atoms with E-state index in [4.69, 9.17) is 10.5 Å². The summed E-state index contributed by atoms with van der Waals surface area (Å²) in [4.78, 5) is 11.9. The van der Waals surface area contributed by atoms with Gasteiger partial charge in [0.25, 0.3) is 0 Å². The molecule has 0 bridgehead atoms. The summed E-state index contributed by atoms with van der Waals surface area (Å²) >= 11 is 0. The van der Waals surface area contributed by atoms with E-state index in [0.29, 0.717) is 6.61 Å². The third-order valence-corrected chi connectivity index (χ3v) is 3.12. The van der Waals surface area contributed by atoms with E-state index in [-0.39, 0.29) is 5.91 Å². The van der Waals surface area contributed by atoms with E-state index < -0.39 is 5.54 Å². The monoisotopic (exact) mass is 234 g/mol. The first-order valence-electron chi connectivity index (χ1n) is 5.97. The van der Waals surface area contributed by atoms with Crippen molar-refractivity contribution in [1.82, 2.24) is 0 Å². The van der Waals surface area contributed by atoms with Crippen molar-refractivity contribution in [3.63, 3.8) is 0 Å². The van der Waals surface area contributed by atoms with Crippen LogP contribution in [0.5, 0.6) is 5.75 Å². The Labute approximate surface area is 101 Å². The highest BCUT2D eigenvalue weighted by molar-refractivity contribution is 5.98. The molecule has 1 aliphatic carbocycles. The molecule has 1 amide bonds. The van der Waals surface area contributed by atoms with E-state index in [1.165, 1.54) is 0 Å². The second-order valence-electron chi connectivity index (χ2n) is 4.42. The molecule has 0 unspecified atom stereocenters. The van der Waals surface area contributed by atoms with Crippen LogP contribution in [0.15, 0.2) is 24.3 Å². The van der Waals surface area contributed by atoms with Crippen molar-refractivity contribution in [1.29, 1.82) is 0 Å². The average Bonchev–Trinajstić information content (AvgIpc) is 2.29. The predicted octanol–water partition coefficient (Wildman–Crippen LogP) is 1.91. The molecule has 1 saturated carbocycles. The topological polar surface area (TPSA) is 64.3 Å². The highest BCUT2D eigenvalue weighted by atomic mass is 16.5. The molecule has 0 spiro atoms. The van der Waals surface area contributed by atoms with Crippen LogP contribution in [-0.2, 0) is 4.79 Å². The molecule has 92 valence electrons. The van der Waals surface area contributed by atoms with Gasteiger partial charge in [0.1, 0.15) is 5.75 Å². The first-order valence-corrected chi connectivity index (χ1v) is 5.97. The number of carbonyl (C=O) groups is 1. The molecule has 1 aromatic carbocycles. The van der Waals surface area contributed by atoms with Gasteiger partial charge in [-0.25, -0.2) is 0 Å². The van der Waals surface area contributed by atoms with Crippen molar-refractivity contribution in [2.75, 3.05) is 11.9 Å². The minimum absolute atomic E-state index is 0.0899. The van der Waals surface area contributed by atoms with Crippen molar-refractivity contribution in [3.8, 4) is 5.75 Å². The van der Waals surface area contributed by atoms with Crippen LogP contribution < -0.4 is 15.8 Å². The van der Waals surface area contributed by atoms with Crippen LogP contribution >= 0.6 is 0 Å². The zero-order valence-electron chi connectivity index (χ0n) is 10.0. The molecule has 4 heteroatoms. The summed E-state index contributed by atoms with van der Waals surface area (Å²) < 4.78 is 5.33. The van der Waals surface area contributed by atoms with Gasteiger partial charge in [-0.15, -0.1) is 0 Å². The summed E-state index contributed by atoms with van der Waals surface area (Å²) in [6.45, 7) is 2.57. The zero-order valence-corrected chi connectivity index (χ0v) is 10.0. The zero-order chi connectivity index (χ0) is 12.3. The summed E-state index contributed by atoms with van der Waals surface area (Å²) in [5.74, 6) is 0.713. The minimum atomic E-state index is -0.654. The number of hydrogen-bond donors (Lipinski definition) is 2. The van der Waals surface area contributed by atoms with Gasteiger partial charge in [0.2, 0.25) is 5.91 Å². The lowest BCUT2D eigenvalue weighted by molar-refractivity contribution is -0.123. The van der Waals surface area contributed by atoms with Crippen LogP contribution in [0.2, 0.25) is 0 Å². The molecular weight excluding hydrogens is 216 g/mol. The van der Waals surface area contributed by atoms with E-state index in [9.17, 15) is 4.79 Å². The molecule has 1 fully saturated rings. The van der Waals surface area contributed by atoms with Gasteiger partial charge in [-0.05, 0) is 50.5 Å². The number of rotatable bonds is 4. The lowest BCUT2D eigenvalue weighted by Gasteiger charge is -2.36. The maximum atomic E-state index is 11.9. The Kier molecular flexibility index (Phi) is 3.33. The highest BCUT2D eigenvalue weighted by Gasteiger charge is 2.40. The fraction of sp³-hybridized carbons (Fsp3) is 0.462. The van der Waals surface area contributed by atoms with E-state index in [1.807, 2.05) is 31.2 Å². The molecule has 0 radical (unpaired) electrons. The third-order valence-electron chi connectivity index (χ3n) is 3.12. The summed E-state index contributed by atoms with van der Waals surface area (Å²) in [5.41, 5.74) is 6.04. The second kappa shape index (κ2) is 4.75. The minimum Gasteiger partial charge on any atom is -0.494 e. The van der Waals surface area contributed by atoms with E-state index in [1.54, 1.807) is 0 Å². The van der Waals surface area contributed by atoms with Gasteiger partial charge in [0, 0.05) is 5.69 Å². The van der Waals surface area contributed by atoms with Gasteiger partial charge in [-0.1, -0.05) is 0 Å². The number of carbonyl (C=O) groups excluding carboxylic acids is 1. The molecule has 3 N–H and O–H groups in total. The molecule has 0 saturated heterocycles. The van der Waals surface area contributed by atoms with Crippen LogP contribution in [-0.4, -0.2) is 18.1 Å². The van der Waals surface area contributed by atoms with Gasteiger partial charge in [0.05, 0.1) is 12.1 Å². The predicted molar refractivity (Wildman–Crippen MR) is 67.0 cm³/mol. The standard InChI is InChI=1S/C13H18N2O2/c1-2-17-11-6-4-10(5-7-11)15-12(16)13(14)8-3-9-13/h4-7H,2-3,8-9,14H2,1H3,(H,15,16). The maximum Gasteiger partial charge on any atom is 0.244 e. The maximum absolute atomic E-state index is 11.9. The van der Waals surface area contributed by atoms with Crippen molar-refractivity contribution in [2.45, 2.75) is 31.7 Å². The first kappa shape index (κ1) is 11.9. The van der Waals surface area contributed by atoms with Crippen molar-refractivity contribution in [2.24, 2.45) is 5.73 Å². The number of amides is 1. The summed E-state index contributed by atoms with van der Waals surface area (Å²) in [7, 11) is 0. The Hall–Kier alpha value is -1.55. The van der Waals surface area contributed by atoms with Crippen LogP contribution in [0.1, 0.15) is 26.2 Å². The second-order valence-corrected chi connectivity index (χ2v) is 4.42. The van der Waals surface area contributed by atoms with E-state index in [0.717, 1.165) is 30.7 Å². The van der Waals surface area contributed by atoms with Gasteiger partial charge in [-0.2, -0.15) is 0 Å². The molecule has 0 atom stereocenters. The molecule has 1 aliphatic rings. The molecule has 0 aromatic heterocycles. The lowest BCUT2D eigenvalue weighted by Crippen LogP contribution is -2.56. The number of benzene rings is 1. The SMILES string of the molecule is CCOc1ccc(NC(=O)C2(N)CCC2)cc1. The Morgan fingerprint density at radius 2 is 2.06 bits per heavy atom. The van der Waals surface area contributed by atoms with Gasteiger partial charge < -0.3 is 15.8 Å². The van der Waals surface area contributed by atoms with Crippen LogP contribution in [0.4, 0.5) is 5.69 Å². The van der Waals surface area contributed by atoms with Crippen molar-refractivity contribution >= 4 is 11.6 Å². The summed E-state index contributed by atoms with van der Waals surface area (Å²) in [6, 6.07) is 7.32. The van der Waals surface area contributed by atoms with E-state index >= 15 is 0 Å². The van der Waals surface area contributed by atoms with Crippen LogP contribution in [0, 0.1) is 0 Å². The molecular formula is C13H18N2O2. The quantitative estimate of drug-likeness (QED) is 0.836. The lowest BCUT2D eigenvalue weighted by atomic mass is 9.77. The van der Waals surface area contributed by atoms with E-state index in [2.05, 4.69) is 5.32 Å². The fourth-order valence-corrected chi connectivity index (χ4v) is 1.84. The fourth-order valence-electron chi connectivity index (χ4n) is 1.84. The van der Waals surface area contributed by atoms with Crippen molar-refractivity contribution < 1.29 is 9.53 Å². The molecule has 0 aliphatic heterocycles. The molecule has 4 nitrogen and oxygen atoms in total. The summed E-state index contributed by atoms with van der Waals surface area (Å²) in [5, 5.41) is 2.83. The van der Waals surface area contributed by atoms with Gasteiger partial charge in [-0.3, -0.25) is 4.79 Å². The largest absolute Gasteiger partial charge is 0.494 e. The van der Waals surface area contributed by atoms with Gasteiger partial charge in [0.15, 0.2) is 0 Å². The Balaban J connectivity index is 1.96. The Morgan fingerprint density at radius 3 is 2.53 bits per heavy atom. The number of ether oxygens (including phenoxy) is 1. The number of anilines is 1. The molecule has 1 aromatic rings. The molecule has 0 heterocycles. The molecule has 17 heavy (non-hydrogen) atoms. The van der Waals surface area contributed by atoms with Gasteiger partial charge >= 0.3 is 0 Å². The molecule has 2 rings (SSSR count). The third kappa shape index (κ3) is 2.58. The van der Waals surface area contributed by atoms with Crippen molar-refractivity contribution in [3.05, 3.63) is 24.3 Å². The number of nitrogens with one attached hydrogen (secondary N) is 1. The number of hydrogen-bond acceptors (Lipinski definition) is 3. The Bertz CT molecular complexity index is 396. The van der Waals surface area contributed by atoms with Crippen LogP contribution in [0.3, 0.4) is 0 Å². The normalized spacial score (nSPS) is 17.1. The average molecular weight is 234 g/mol. The number of nitrogens with two attached hydrogens (primary N) is 1. The first-order chi connectivity index (χ1) is 8.14. The summed E-state index contributed by atoms with van der Waals surface area (Å²) in [6.07, 6.45) is 2.58.